The van der Waals surface area contributed by atoms with Crippen LogP contribution in [0, 0.1) is 6.92 Å². The van der Waals surface area contributed by atoms with E-state index in [9.17, 15) is 14.4 Å². The van der Waals surface area contributed by atoms with Gasteiger partial charge in [-0.3, -0.25) is 9.69 Å². The SMILES string of the molecule is COc1cc(Cl)c(C)cc1NC(=O)CN1C(=O)N[C@H](c2ccc(Cl)cc2)C2=C1COC2=O. The molecule has 1 atom stereocenters. The van der Waals surface area contributed by atoms with E-state index < -0.39 is 23.9 Å². The second-order valence-electron chi connectivity index (χ2n) is 7.31. The second-order valence-corrected chi connectivity index (χ2v) is 8.15. The van der Waals surface area contributed by atoms with Crippen LogP contribution in [-0.2, 0) is 14.3 Å². The number of anilines is 1. The lowest BCUT2D eigenvalue weighted by atomic mass is 9.96. The van der Waals surface area contributed by atoms with Crippen molar-refractivity contribution in [3.63, 3.8) is 0 Å². The summed E-state index contributed by atoms with van der Waals surface area (Å²) in [7, 11) is 1.46. The molecule has 3 amide bonds. The molecule has 0 saturated heterocycles. The van der Waals surface area contributed by atoms with E-state index in [0.717, 1.165) is 5.56 Å². The van der Waals surface area contributed by atoms with E-state index in [0.29, 0.717) is 38.3 Å². The van der Waals surface area contributed by atoms with Crippen LogP contribution in [0.2, 0.25) is 10.0 Å². The van der Waals surface area contributed by atoms with Gasteiger partial charge in [0.05, 0.1) is 30.1 Å². The summed E-state index contributed by atoms with van der Waals surface area (Å²) in [5.74, 6) is -0.629. The van der Waals surface area contributed by atoms with Crippen molar-refractivity contribution in [1.29, 1.82) is 0 Å². The van der Waals surface area contributed by atoms with Gasteiger partial charge in [-0.05, 0) is 36.2 Å². The van der Waals surface area contributed by atoms with Crippen molar-refractivity contribution < 1.29 is 23.9 Å². The molecule has 0 aromatic heterocycles. The molecule has 0 bridgehead atoms. The number of ether oxygens (including phenoxy) is 2. The number of aryl methyl sites for hydroxylation is 1. The van der Waals surface area contributed by atoms with Crippen LogP contribution < -0.4 is 15.4 Å². The maximum absolute atomic E-state index is 12.9. The number of urea groups is 1. The van der Waals surface area contributed by atoms with Crippen molar-refractivity contribution in [2.75, 3.05) is 25.6 Å². The molecule has 0 saturated carbocycles. The molecule has 8 nitrogen and oxygen atoms in total. The van der Waals surface area contributed by atoms with Crippen molar-refractivity contribution in [3.8, 4) is 5.75 Å². The number of hydrogen-bond acceptors (Lipinski definition) is 5. The first-order valence-corrected chi connectivity index (χ1v) is 10.4. The fourth-order valence-corrected chi connectivity index (χ4v) is 3.93. The molecule has 166 valence electrons. The summed E-state index contributed by atoms with van der Waals surface area (Å²) in [6.45, 7) is 1.38. The average molecular weight is 476 g/mol. The Morgan fingerprint density at radius 3 is 2.66 bits per heavy atom. The van der Waals surface area contributed by atoms with Gasteiger partial charge in [-0.15, -0.1) is 0 Å². The topological polar surface area (TPSA) is 97.0 Å². The number of nitrogens with one attached hydrogen (secondary N) is 2. The van der Waals surface area contributed by atoms with Crippen molar-refractivity contribution in [2.24, 2.45) is 0 Å². The van der Waals surface area contributed by atoms with Gasteiger partial charge >= 0.3 is 12.0 Å². The minimum atomic E-state index is -0.692. The quantitative estimate of drug-likeness (QED) is 0.640. The van der Waals surface area contributed by atoms with Gasteiger partial charge in [0.25, 0.3) is 0 Å². The van der Waals surface area contributed by atoms with Crippen LogP contribution in [0.25, 0.3) is 0 Å². The first-order chi connectivity index (χ1) is 15.3. The highest BCUT2D eigenvalue weighted by Crippen LogP contribution is 2.36. The molecular weight excluding hydrogens is 457 g/mol. The molecule has 2 aromatic carbocycles. The fraction of sp³-hybridized carbons (Fsp3) is 0.227. The number of carbonyl (C=O) groups excluding carboxylic acids is 3. The van der Waals surface area contributed by atoms with Crippen LogP contribution in [0.3, 0.4) is 0 Å². The highest BCUT2D eigenvalue weighted by molar-refractivity contribution is 6.31. The number of methoxy groups -OCH3 is 1. The third kappa shape index (κ3) is 4.11. The summed E-state index contributed by atoms with van der Waals surface area (Å²) in [6.07, 6.45) is 0. The molecule has 4 rings (SSSR count). The van der Waals surface area contributed by atoms with Gasteiger partial charge in [-0.25, -0.2) is 9.59 Å². The number of carbonyl (C=O) groups is 3. The Bertz CT molecular complexity index is 1150. The molecule has 0 fully saturated rings. The molecule has 0 spiro atoms. The number of amides is 3. The van der Waals surface area contributed by atoms with Crippen LogP contribution in [0.4, 0.5) is 10.5 Å². The molecule has 2 aromatic rings. The summed E-state index contributed by atoms with van der Waals surface area (Å²) >= 11 is 12.1. The molecular formula is C22H19Cl2N3O5. The lowest BCUT2D eigenvalue weighted by molar-refractivity contribution is -0.136. The summed E-state index contributed by atoms with van der Waals surface area (Å²) in [6, 6.07) is 8.86. The van der Waals surface area contributed by atoms with Gasteiger partial charge in [-0.1, -0.05) is 35.3 Å². The number of nitrogens with zero attached hydrogens (tertiary/aromatic N) is 1. The molecule has 2 N–H and O–H groups in total. The van der Waals surface area contributed by atoms with Gasteiger partial charge in [-0.2, -0.15) is 0 Å². The first kappa shape index (κ1) is 22.0. The summed E-state index contributed by atoms with van der Waals surface area (Å²) in [4.78, 5) is 39.3. The van der Waals surface area contributed by atoms with E-state index in [1.165, 1.54) is 12.0 Å². The van der Waals surface area contributed by atoms with Crippen LogP contribution in [0.15, 0.2) is 47.7 Å². The molecule has 2 aliphatic rings. The third-order valence-corrected chi connectivity index (χ3v) is 5.92. The zero-order valence-electron chi connectivity index (χ0n) is 17.2. The maximum Gasteiger partial charge on any atom is 0.338 e. The monoisotopic (exact) mass is 475 g/mol. The number of benzene rings is 2. The number of hydrogen-bond donors (Lipinski definition) is 2. The molecule has 2 heterocycles. The normalized spacial score (nSPS) is 17.6. The minimum absolute atomic E-state index is 0.0949. The first-order valence-electron chi connectivity index (χ1n) is 9.66. The summed E-state index contributed by atoms with van der Waals surface area (Å²) in [5.41, 5.74) is 2.50. The van der Waals surface area contributed by atoms with E-state index in [4.69, 9.17) is 32.7 Å². The Labute approximate surface area is 194 Å². The van der Waals surface area contributed by atoms with Crippen LogP contribution >= 0.6 is 23.2 Å². The molecule has 32 heavy (non-hydrogen) atoms. The Morgan fingerprint density at radius 1 is 1.25 bits per heavy atom. The van der Waals surface area contributed by atoms with Gasteiger partial charge in [0.15, 0.2) is 0 Å². The van der Waals surface area contributed by atoms with E-state index in [1.54, 1.807) is 43.3 Å². The summed E-state index contributed by atoms with van der Waals surface area (Å²) in [5, 5.41) is 6.54. The zero-order chi connectivity index (χ0) is 23.0. The van der Waals surface area contributed by atoms with Crippen molar-refractivity contribution in [1.82, 2.24) is 10.2 Å². The molecule has 10 heteroatoms. The van der Waals surface area contributed by atoms with Gasteiger partial charge < -0.3 is 20.1 Å². The Hall–Kier alpha value is -3.23. The Kier molecular flexibility index (Phi) is 5.99. The van der Waals surface area contributed by atoms with E-state index in [-0.39, 0.29) is 13.2 Å². The van der Waals surface area contributed by atoms with E-state index in [1.807, 2.05) is 0 Å². The van der Waals surface area contributed by atoms with Crippen molar-refractivity contribution in [2.45, 2.75) is 13.0 Å². The van der Waals surface area contributed by atoms with Crippen LogP contribution in [-0.4, -0.2) is 43.1 Å². The number of halogens is 2. The van der Waals surface area contributed by atoms with Gasteiger partial charge in [0.2, 0.25) is 5.91 Å². The predicted octanol–water partition coefficient (Wildman–Crippen LogP) is 3.83. The highest BCUT2D eigenvalue weighted by atomic mass is 35.5. The lowest BCUT2D eigenvalue weighted by Crippen LogP contribution is -2.49. The number of esters is 1. The third-order valence-electron chi connectivity index (χ3n) is 5.26. The van der Waals surface area contributed by atoms with Gasteiger partial charge in [0, 0.05) is 16.1 Å². The number of cyclic esters (lactones) is 1. The lowest BCUT2D eigenvalue weighted by Gasteiger charge is -2.32. The van der Waals surface area contributed by atoms with Crippen LogP contribution in [0.1, 0.15) is 17.2 Å². The standard InChI is InChI=1S/C22H19Cl2N3O5/c1-11-7-15(17(31-2)8-14(11)24)25-18(28)9-27-16-10-32-21(29)19(16)20(26-22(27)30)12-3-5-13(23)6-4-12/h3-8,20H,9-10H2,1-2H3,(H,25,28)(H,26,30)/t20-/m1/s1. The Balaban J connectivity index is 1.59. The second kappa shape index (κ2) is 8.72. The maximum atomic E-state index is 12.9. The molecule has 0 radical (unpaired) electrons. The zero-order valence-corrected chi connectivity index (χ0v) is 18.7. The molecule has 0 unspecified atom stereocenters. The average Bonchev–Trinajstić information content (AvgIpc) is 3.14. The highest BCUT2D eigenvalue weighted by Gasteiger charge is 2.42. The Morgan fingerprint density at radius 2 is 1.97 bits per heavy atom. The van der Waals surface area contributed by atoms with Gasteiger partial charge in [0.1, 0.15) is 18.9 Å². The fourth-order valence-electron chi connectivity index (χ4n) is 3.65. The van der Waals surface area contributed by atoms with E-state index >= 15 is 0 Å². The summed E-state index contributed by atoms with van der Waals surface area (Å²) < 4.78 is 10.5. The van der Waals surface area contributed by atoms with E-state index in [2.05, 4.69) is 10.6 Å². The molecule has 0 aliphatic carbocycles. The smallest absolute Gasteiger partial charge is 0.338 e. The van der Waals surface area contributed by atoms with Crippen LogP contribution in [0.5, 0.6) is 5.75 Å². The van der Waals surface area contributed by atoms with Crippen molar-refractivity contribution in [3.05, 3.63) is 68.8 Å². The predicted molar refractivity (Wildman–Crippen MR) is 119 cm³/mol. The van der Waals surface area contributed by atoms with Crippen molar-refractivity contribution >= 4 is 46.8 Å². The number of rotatable bonds is 5. The molecule has 2 aliphatic heterocycles. The largest absolute Gasteiger partial charge is 0.495 e. The minimum Gasteiger partial charge on any atom is -0.495 e.